The van der Waals surface area contributed by atoms with Gasteiger partial charge in [0.2, 0.25) is 0 Å². The summed E-state index contributed by atoms with van der Waals surface area (Å²) in [5.74, 6) is 0.700. The molecule has 0 aliphatic carbocycles. The fourth-order valence-electron chi connectivity index (χ4n) is 2.74. The lowest BCUT2D eigenvalue weighted by atomic mass is 10.0. The lowest BCUT2D eigenvalue weighted by Gasteiger charge is -2.04. The second kappa shape index (κ2) is 6.23. The third kappa shape index (κ3) is 2.64. The van der Waals surface area contributed by atoms with Crippen molar-refractivity contribution in [1.29, 1.82) is 0 Å². The van der Waals surface area contributed by atoms with Crippen LogP contribution in [0.25, 0.3) is 32.5 Å². The van der Waals surface area contributed by atoms with E-state index >= 15 is 0 Å². The number of nitrogens with zero attached hydrogens (tertiary/aromatic N) is 1. The van der Waals surface area contributed by atoms with Crippen LogP contribution in [0, 0.1) is 0 Å². The largest absolute Gasteiger partial charge is 0.309 e. The zero-order valence-corrected chi connectivity index (χ0v) is 14.2. The number of halogens is 1. The van der Waals surface area contributed by atoms with E-state index in [9.17, 15) is 4.79 Å². The van der Waals surface area contributed by atoms with Crippen molar-refractivity contribution in [1.82, 2.24) is 9.97 Å². The summed E-state index contributed by atoms with van der Waals surface area (Å²) in [6.45, 7) is 0. The highest BCUT2D eigenvalue weighted by atomic mass is 35.5. The van der Waals surface area contributed by atoms with Crippen LogP contribution in [0.3, 0.4) is 0 Å². The molecule has 0 atom stereocenters. The Kier molecular flexibility index (Phi) is 3.92. The molecular weight excluding hydrogens is 340 g/mol. The van der Waals surface area contributed by atoms with Gasteiger partial charge in [-0.1, -0.05) is 54.6 Å². The Bertz CT molecular complexity index is 1050. The summed E-state index contributed by atoms with van der Waals surface area (Å²) in [5.41, 5.74) is 4.09. The number of hydrogen-bond acceptors (Lipinski definition) is 3. The Balaban J connectivity index is 1.80. The monoisotopic (exact) mass is 352 g/mol. The first-order chi connectivity index (χ1) is 11.8. The standard InChI is InChI=1S/C19H13ClN2OS/c20-10-16-21-18(23)17-15(11-24-19(17)22-16)14-8-6-13(7-9-14)12-4-2-1-3-5-12/h1-9,11H,10H2,(H,21,22,23). The van der Waals surface area contributed by atoms with Gasteiger partial charge in [0, 0.05) is 10.9 Å². The van der Waals surface area contributed by atoms with Gasteiger partial charge < -0.3 is 4.98 Å². The smallest absolute Gasteiger partial charge is 0.260 e. The Morgan fingerprint density at radius 2 is 1.62 bits per heavy atom. The third-order valence-electron chi connectivity index (χ3n) is 3.92. The number of aromatic amines is 1. The fourth-order valence-corrected chi connectivity index (χ4v) is 3.84. The average molecular weight is 353 g/mol. The van der Waals surface area contributed by atoms with E-state index < -0.39 is 0 Å². The molecule has 118 valence electrons. The summed E-state index contributed by atoms with van der Waals surface area (Å²) in [6.07, 6.45) is 0. The van der Waals surface area contributed by atoms with Crippen molar-refractivity contribution in [2.75, 3.05) is 0 Å². The molecule has 0 amide bonds. The van der Waals surface area contributed by atoms with Crippen LogP contribution >= 0.6 is 22.9 Å². The van der Waals surface area contributed by atoms with Crippen molar-refractivity contribution in [3.8, 4) is 22.3 Å². The number of nitrogens with one attached hydrogen (secondary N) is 1. The average Bonchev–Trinajstić information content (AvgIpc) is 3.07. The predicted octanol–water partition coefficient (Wildman–Crippen LogP) is 5.06. The van der Waals surface area contributed by atoms with E-state index in [1.54, 1.807) is 0 Å². The van der Waals surface area contributed by atoms with Crippen LogP contribution in [0.1, 0.15) is 5.82 Å². The zero-order chi connectivity index (χ0) is 16.5. The number of hydrogen-bond donors (Lipinski definition) is 1. The van der Waals surface area contributed by atoms with Crippen LogP contribution in [-0.2, 0) is 5.88 Å². The molecule has 0 radical (unpaired) electrons. The molecule has 0 aliphatic rings. The minimum atomic E-state index is -0.140. The number of H-pyrrole nitrogens is 1. The van der Waals surface area contributed by atoms with E-state index in [-0.39, 0.29) is 11.4 Å². The molecule has 24 heavy (non-hydrogen) atoms. The van der Waals surface area contributed by atoms with Gasteiger partial charge in [-0.2, -0.15) is 0 Å². The van der Waals surface area contributed by atoms with Gasteiger partial charge in [0.1, 0.15) is 10.7 Å². The van der Waals surface area contributed by atoms with Crippen LogP contribution in [0.15, 0.2) is 64.8 Å². The second-order valence-electron chi connectivity index (χ2n) is 5.42. The fraction of sp³-hybridized carbons (Fsp3) is 0.0526. The molecule has 3 nitrogen and oxygen atoms in total. The molecule has 0 saturated carbocycles. The minimum absolute atomic E-state index is 0.140. The molecule has 5 heteroatoms. The summed E-state index contributed by atoms with van der Waals surface area (Å²) in [6, 6.07) is 18.4. The summed E-state index contributed by atoms with van der Waals surface area (Å²) >= 11 is 7.23. The molecule has 4 rings (SSSR count). The molecule has 4 aromatic rings. The van der Waals surface area contributed by atoms with Crippen LogP contribution in [0.2, 0.25) is 0 Å². The first-order valence-electron chi connectivity index (χ1n) is 7.48. The van der Waals surface area contributed by atoms with Gasteiger partial charge in [0.05, 0.1) is 11.3 Å². The topological polar surface area (TPSA) is 45.8 Å². The zero-order valence-electron chi connectivity index (χ0n) is 12.6. The van der Waals surface area contributed by atoms with Crippen LogP contribution in [0.5, 0.6) is 0 Å². The Morgan fingerprint density at radius 3 is 2.33 bits per heavy atom. The van der Waals surface area contributed by atoms with Gasteiger partial charge in [-0.3, -0.25) is 4.79 Å². The van der Waals surface area contributed by atoms with Gasteiger partial charge in [0.15, 0.2) is 0 Å². The van der Waals surface area contributed by atoms with Gasteiger partial charge >= 0.3 is 0 Å². The number of rotatable bonds is 3. The van der Waals surface area contributed by atoms with E-state index in [0.29, 0.717) is 11.2 Å². The first kappa shape index (κ1) is 15.1. The minimum Gasteiger partial charge on any atom is -0.309 e. The van der Waals surface area contributed by atoms with Gasteiger partial charge in [0.25, 0.3) is 5.56 Å². The number of alkyl halides is 1. The van der Waals surface area contributed by atoms with Crippen molar-refractivity contribution in [2.45, 2.75) is 5.88 Å². The molecule has 2 aromatic carbocycles. The molecule has 0 aliphatic heterocycles. The molecule has 1 N–H and O–H groups in total. The summed E-state index contributed by atoms with van der Waals surface area (Å²) in [7, 11) is 0. The number of thiophene rings is 1. The molecule has 2 heterocycles. The van der Waals surface area contributed by atoms with Crippen LogP contribution in [0.4, 0.5) is 0 Å². The summed E-state index contributed by atoms with van der Waals surface area (Å²) < 4.78 is 0. The van der Waals surface area contributed by atoms with Crippen molar-refractivity contribution in [2.24, 2.45) is 0 Å². The van der Waals surface area contributed by atoms with Crippen LogP contribution < -0.4 is 5.56 Å². The first-order valence-corrected chi connectivity index (χ1v) is 8.90. The normalized spacial score (nSPS) is 11.0. The Labute approximate surface area is 147 Å². The molecule has 0 fully saturated rings. The highest BCUT2D eigenvalue weighted by Gasteiger charge is 2.12. The Morgan fingerprint density at radius 1 is 0.958 bits per heavy atom. The van der Waals surface area contributed by atoms with Crippen molar-refractivity contribution in [3.63, 3.8) is 0 Å². The van der Waals surface area contributed by atoms with E-state index in [0.717, 1.165) is 21.5 Å². The maximum absolute atomic E-state index is 12.4. The summed E-state index contributed by atoms with van der Waals surface area (Å²) in [5, 5.41) is 2.60. The lowest BCUT2D eigenvalue weighted by molar-refractivity contribution is 1.04. The van der Waals surface area contributed by atoms with E-state index in [1.807, 2.05) is 35.7 Å². The number of aromatic nitrogens is 2. The highest BCUT2D eigenvalue weighted by molar-refractivity contribution is 7.17. The van der Waals surface area contributed by atoms with Crippen molar-refractivity contribution < 1.29 is 0 Å². The number of fused-ring (bicyclic) bond motifs is 1. The predicted molar refractivity (Wildman–Crippen MR) is 101 cm³/mol. The lowest BCUT2D eigenvalue weighted by Crippen LogP contribution is -2.10. The van der Waals surface area contributed by atoms with Gasteiger partial charge in [-0.15, -0.1) is 22.9 Å². The van der Waals surface area contributed by atoms with Gasteiger partial charge in [-0.25, -0.2) is 4.98 Å². The maximum Gasteiger partial charge on any atom is 0.260 e. The third-order valence-corrected chi connectivity index (χ3v) is 5.05. The van der Waals surface area contributed by atoms with E-state index in [1.165, 1.54) is 16.9 Å². The van der Waals surface area contributed by atoms with Gasteiger partial charge in [-0.05, 0) is 16.7 Å². The molecule has 0 bridgehead atoms. The molecule has 0 spiro atoms. The van der Waals surface area contributed by atoms with E-state index in [4.69, 9.17) is 11.6 Å². The molecule has 0 saturated heterocycles. The molecule has 2 aromatic heterocycles. The molecule has 0 unspecified atom stereocenters. The Hall–Kier alpha value is -2.43. The SMILES string of the molecule is O=c1[nH]c(CCl)nc2scc(-c3ccc(-c4ccccc4)cc3)c12. The van der Waals surface area contributed by atoms with Crippen molar-refractivity contribution in [3.05, 3.63) is 76.2 Å². The number of benzene rings is 2. The highest BCUT2D eigenvalue weighted by Crippen LogP contribution is 2.32. The van der Waals surface area contributed by atoms with Crippen LogP contribution in [-0.4, -0.2) is 9.97 Å². The molecular formula is C19H13ClN2OS. The van der Waals surface area contributed by atoms with E-state index in [2.05, 4.69) is 34.2 Å². The maximum atomic E-state index is 12.4. The quantitative estimate of drug-likeness (QED) is 0.524. The second-order valence-corrected chi connectivity index (χ2v) is 6.54. The van der Waals surface area contributed by atoms with Crippen molar-refractivity contribution >= 4 is 33.2 Å². The summed E-state index contributed by atoms with van der Waals surface area (Å²) in [4.78, 5) is 20.2.